The van der Waals surface area contributed by atoms with Gasteiger partial charge >= 0.3 is 0 Å². The predicted octanol–water partition coefficient (Wildman–Crippen LogP) is 3.71. The molecule has 0 saturated heterocycles. The Morgan fingerprint density at radius 1 is 1.32 bits per heavy atom. The second kappa shape index (κ2) is 8.39. The number of unbranched alkanes of at least 4 members (excludes halogenated alkanes) is 2. The first-order chi connectivity index (χ1) is 9.02. The first kappa shape index (κ1) is 16.3. The van der Waals surface area contributed by atoms with Crippen molar-refractivity contribution >= 4 is 0 Å². The van der Waals surface area contributed by atoms with Crippen LogP contribution in [0.5, 0.6) is 0 Å². The summed E-state index contributed by atoms with van der Waals surface area (Å²) in [5, 5.41) is 3.40. The number of rotatable bonds is 9. The van der Waals surface area contributed by atoms with Crippen molar-refractivity contribution in [1.29, 1.82) is 0 Å². The molecule has 0 aliphatic heterocycles. The van der Waals surface area contributed by atoms with E-state index in [9.17, 15) is 0 Å². The molecule has 3 heteroatoms. The summed E-state index contributed by atoms with van der Waals surface area (Å²) in [5.74, 6) is 2.16. The zero-order chi connectivity index (χ0) is 14.3. The van der Waals surface area contributed by atoms with E-state index in [-0.39, 0.29) is 0 Å². The van der Waals surface area contributed by atoms with Crippen LogP contribution in [0.3, 0.4) is 0 Å². The molecule has 1 aromatic rings. The lowest BCUT2D eigenvalue weighted by molar-refractivity contribution is 0.283. The molecule has 0 bridgehead atoms. The van der Waals surface area contributed by atoms with E-state index in [4.69, 9.17) is 4.42 Å². The zero-order valence-electron chi connectivity index (χ0n) is 13.3. The smallest absolute Gasteiger partial charge is 0.120 e. The quantitative estimate of drug-likeness (QED) is 0.691. The van der Waals surface area contributed by atoms with Gasteiger partial charge in [0, 0.05) is 6.04 Å². The summed E-state index contributed by atoms with van der Waals surface area (Å²) in [4.78, 5) is 2.34. The molecule has 0 aliphatic rings. The number of hydrogen-bond donors (Lipinski definition) is 1. The van der Waals surface area contributed by atoms with Crippen LogP contribution < -0.4 is 5.32 Å². The van der Waals surface area contributed by atoms with Gasteiger partial charge in [0.05, 0.1) is 13.1 Å². The van der Waals surface area contributed by atoms with Crippen molar-refractivity contribution < 1.29 is 4.42 Å². The van der Waals surface area contributed by atoms with E-state index in [0.29, 0.717) is 6.04 Å². The number of nitrogens with one attached hydrogen (secondary N) is 1. The normalized spacial score (nSPS) is 11.7. The van der Waals surface area contributed by atoms with Crippen LogP contribution in [-0.2, 0) is 13.1 Å². The van der Waals surface area contributed by atoms with Gasteiger partial charge in [0.25, 0.3) is 0 Å². The minimum atomic E-state index is 0.490. The van der Waals surface area contributed by atoms with Crippen molar-refractivity contribution in [1.82, 2.24) is 10.2 Å². The number of hydrogen-bond acceptors (Lipinski definition) is 3. The Bertz CT molecular complexity index is 358. The highest BCUT2D eigenvalue weighted by Crippen LogP contribution is 2.16. The van der Waals surface area contributed by atoms with Crippen LogP contribution in [0.25, 0.3) is 0 Å². The van der Waals surface area contributed by atoms with Crippen LogP contribution in [0.2, 0.25) is 0 Å². The van der Waals surface area contributed by atoms with E-state index >= 15 is 0 Å². The Balaban J connectivity index is 2.43. The molecule has 1 heterocycles. The monoisotopic (exact) mass is 266 g/mol. The molecule has 0 saturated carbocycles. The van der Waals surface area contributed by atoms with Gasteiger partial charge in [-0.25, -0.2) is 0 Å². The minimum Gasteiger partial charge on any atom is -0.463 e. The number of nitrogens with zero attached hydrogens (tertiary/aromatic N) is 1. The summed E-state index contributed by atoms with van der Waals surface area (Å²) in [6, 6.07) is 2.66. The third kappa shape index (κ3) is 6.26. The Hall–Kier alpha value is -0.800. The fourth-order valence-corrected chi connectivity index (χ4v) is 2.12. The van der Waals surface area contributed by atoms with Crippen molar-refractivity contribution in [2.45, 2.75) is 66.1 Å². The Labute approximate surface area is 118 Å². The van der Waals surface area contributed by atoms with Gasteiger partial charge in [-0.2, -0.15) is 0 Å². The Kier molecular flexibility index (Phi) is 7.17. The van der Waals surface area contributed by atoms with Gasteiger partial charge in [-0.3, -0.25) is 4.90 Å². The molecule has 0 spiro atoms. The van der Waals surface area contributed by atoms with Gasteiger partial charge in [0.15, 0.2) is 0 Å². The number of aryl methyl sites for hydroxylation is 1. The average Bonchev–Trinajstić information content (AvgIpc) is 2.67. The first-order valence-corrected chi connectivity index (χ1v) is 7.53. The van der Waals surface area contributed by atoms with Gasteiger partial charge in [0.2, 0.25) is 0 Å². The van der Waals surface area contributed by atoms with Gasteiger partial charge in [-0.05, 0) is 38.6 Å². The molecule has 1 rings (SSSR count). The average molecular weight is 266 g/mol. The summed E-state index contributed by atoms with van der Waals surface area (Å²) in [7, 11) is 2.17. The Morgan fingerprint density at radius 3 is 2.68 bits per heavy atom. The maximum atomic E-state index is 5.94. The van der Waals surface area contributed by atoms with Crippen LogP contribution in [0.1, 0.15) is 57.1 Å². The molecule has 0 unspecified atom stereocenters. The Morgan fingerprint density at radius 2 is 2.05 bits per heavy atom. The summed E-state index contributed by atoms with van der Waals surface area (Å²) < 4.78 is 5.94. The molecular weight excluding hydrogens is 236 g/mol. The standard InChI is InChI=1S/C16H30N2O/c1-6-7-8-9-18(5)12-15-10-14(4)16(19-15)11-17-13(2)3/h10,13,17H,6-9,11-12H2,1-5H3. The third-order valence-corrected chi connectivity index (χ3v) is 3.31. The molecule has 3 nitrogen and oxygen atoms in total. The van der Waals surface area contributed by atoms with Crippen LogP contribution in [-0.4, -0.2) is 24.5 Å². The van der Waals surface area contributed by atoms with Crippen LogP contribution in [0.4, 0.5) is 0 Å². The summed E-state index contributed by atoms with van der Waals surface area (Å²) in [6.45, 7) is 11.6. The fourth-order valence-electron chi connectivity index (χ4n) is 2.12. The fraction of sp³-hybridized carbons (Fsp3) is 0.750. The van der Waals surface area contributed by atoms with E-state index in [1.165, 1.54) is 24.8 Å². The van der Waals surface area contributed by atoms with Crippen molar-refractivity contribution in [3.63, 3.8) is 0 Å². The van der Waals surface area contributed by atoms with Crippen LogP contribution in [0, 0.1) is 6.92 Å². The van der Waals surface area contributed by atoms with Gasteiger partial charge < -0.3 is 9.73 Å². The number of furan rings is 1. The van der Waals surface area contributed by atoms with E-state index in [2.05, 4.69) is 51.0 Å². The van der Waals surface area contributed by atoms with Crippen LogP contribution >= 0.6 is 0 Å². The lowest BCUT2D eigenvalue weighted by Gasteiger charge is -2.14. The second-order valence-corrected chi connectivity index (χ2v) is 5.80. The maximum absolute atomic E-state index is 5.94. The minimum absolute atomic E-state index is 0.490. The molecule has 0 aliphatic carbocycles. The molecule has 0 fully saturated rings. The second-order valence-electron chi connectivity index (χ2n) is 5.80. The lowest BCUT2D eigenvalue weighted by atomic mass is 10.2. The van der Waals surface area contributed by atoms with Crippen molar-refractivity contribution in [3.05, 3.63) is 23.2 Å². The van der Waals surface area contributed by atoms with Gasteiger partial charge in [0.1, 0.15) is 11.5 Å². The van der Waals surface area contributed by atoms with E-state index < -0.39 is 0 Å². The highest BCUT2D eigenvalue weighted by Gasteiger charge is 2.09. The van der Waals surface area contributed by atoms with Crippen molar-refractivity contribution in [2.24, 2.45) is 0 Å². The zero-order valence-corrected chi connectivity index (χ0v) is 13.3. The third-order valence-electron chi connectivity index (χ3n) is 3.31. The highest BCUT2D eigenvalue weighted by atomic mass is 16.3. The van der Waals surface area contributed by atoms with E-state index in [1.807, 2.05) is 0 Å². The molecule has 110 valence electrons. The van der Waals surface area contributed by atoms with Gasteiger partial charge in [-0.1, -0.05) is 33.6 Å². The predicted molar refractivity (Wildman–Crippen MR) is 81.3 cm³/mol. The molecular formula is C16H30N2O. The van der Waals surface area contributed by atoms with E-state index in [0.717, 1.165) is 31.2 Å². The van der Waals surface area contributed by atoms with Crippen LogP contribution in [0.15, 0.2) is 10.5 Å². The van der Waals surface area contributed by atoms with Crippen molar-refractivity contribution in [3.8, 4) is 0 Å². The van der Waals surface area contributed by atoms with E-state index in [1.54, 1.807) is 0 Å². The topological polar surface area (TPSA) is 28.4 Å². The molecule has 1 aromatic heterocycles. The lowest BCUT2D eigenvalue weighted by Crippen LogP contribution is -2.21. The summed E-state index contributed by atoms with van der Waals surface area (Å²) >= 11 is 0. The molecule has 0 atom stereocenters. The molecule has 0 aromatic carbocycles. The summed E-state index contributed by atoms with van der Waals surface area (Å²) in [6.07, 6.45) is 3.86. The first-order valence-electron chi connectivity index (χ1n) is 7.53. The highest BCUT2D eigenvalue weighted by molar-refractivity contribution is 5.20. The summed E-state index contributed by atoms with van der Waals surface area (Å²) in [5.41, 5.74) is 1.25. The molecule has 19 heavy (non-hydrogen) atoms. The molecule has 0 amide bonds. The molecule has 1 N–H and O–H groups in total. The largest absolute Gasteiger partial charge is 0.463 e. The SMILES string of the molecule is CCCCCN(C)Cc1cc(C)c(CNC(C)C)o1. The van der Waals surface area contributed by atoms with Crippen molar-refractivity contribution in [2.75, 3.05) is 13.6 Å². The molecule has 0 radical (unpaired) electrons. The van der Waals surface area contributed by atoms with Gasteiger partial charge in [-0.15, -0.1) is 0 Å². The maximum Gasteiger partial charge on any atom is 0.120 e.